The highest BCUT2D eigenvalue weighted by Crippen LogP contribution is 2.32. The second kappa shape index (κ2) is 10.4. The van der Waals surface area contributed by atoms with E-state index in [4.69, 9.17) is 15.5 Å². The summed E-state index contributed by atoms with van der Waals surface area (Å²) in [7, 11) is 1.73. The average Bonchev–Trinajstić information content (AvgIpc) is 3.19. The highest BCUT2D eigenvalue weighted by atomic mass is 16.5. The van der Waals surface area contributed by atoms with Crippen LogP contribution in [0.4, 0.5) is 5.69 Å². The molecule has 0 aliphatic carbocycles. The van der Waals surface area contributed by atoms with Gasteiger partial charge in [-0.2, -0.15) is 0 Å². The number of ether oxygens (including phenoxy) is 1. The Morgan fingerprint density at radius 2 is 2.07 bits per heavy atom. The third kappa shape index (κ3) is 5.78. The van der Waals surface area contributed by atoms with Crippen molar-refractivity contribution < 1.29 is 9.53 Å². The SMILES string of the molecule is CCNC(=NCC1CCN(c2ccccc2OC)C1)N1CCCC(CC(N)=O)C1. The normalized spacial score (nSPS) is 22.6. The van der Waals surface area contributed by atoms with Crippen molar-refractivity contribution in [2.24, 2.45) is 22.6 Å². The molecule has 2 atom stereocenters. The molecule has 160 valence electrons. The molecule has 2 fully saturated rings. The number of nitrogens with one attached hydrogen (secondary N) is 1. The summed E-state index contributed by atoms with van der Waals surface area (Å²) in [4.78, 5) is 21.0. The largest absolute Gasteiger partial charge is 0.495 e. The predicted molar refractivity (Wildman–Crippen MR) is 117 cm³/mol. The predicted octanol–water partition coefficient (Wildman–Crippen LogP) is 2.07. The van der Waals surface area contributed by atoms with Gasteiger partial charge in [0.2, 0.25) is 5.91 Å². The van der Waals surface area contributed by atoms with Crippen LogP contribution in [0.5, 0.6) is 5.75 Å². The van der Waals surface area contributed by atoms with Crippen LogP contribution < -0.4 is 20.7 Å². The molecule has 1 amide bonds. The molecule has 1 aromatic rings. The first-order chi connectivity index (χ1) is 14.1. The lowest BCUT2D eigenvalue weighted by molar-refractivity contribution is -0.119. The molecule has 2 aliphatic rings. The molecule has 2 heterocycles. The molecule has 3 rings (SSSR count). The summed E-state index contributed by atoms with van der Waals surface area (Å²) in [5.74, 6) is 2.55. The molecule has 0 radical (unpaired) electrons. The van der Waals surface area contributed by atoms with Crippen molar-refractivity contribution in [3.8, 4) is 5.75 Å². The molecule has 7 nitrogen and oxygen atoms in total. The fraction of sp³-hybridized carbons (Fsp3) is 0.636. The minimum Gasteiger partial charge on any atom is -0.495 e. The number of piperidine rings is 1. The Balaban J connectivity index is 1.60. The van der Waals surface area contributed by atoms with E-state index >= 15 is 0 Å². The van der Waals surface area contributed by atoms with Crippen LogP contribution in [-0.2, 0) is 4.79 Å². The highest BCUT2D eigenvalue weighted by molar-refractivity contribution is 5.80. The molecule has 2 saturated heterocycles. The summed E-state index contributed by atoms with van der Waals surface area (Å²) < 4.78 is 5.52. The zero-order valence-electron chi connectivity index (χ0n) is 17.8. The Morgan fingerprint density at radius 3 is 2.83 bits per heavy atom. The van der Waals surface area contributed by atoms with Gasteiger partial charge in [-0.15, -0.1) is 0 Å². The summed E-state index contributed by atoms with van der Waals surface area (Å²) in [6.07, 6.45) is 3.74. The molecule has 2 aliphatic heterocycles. The van der Waals surface area contributed by atoms with Crippen LogP contribution in [0.1, 0.15) is 32.6 Å². The molecule has 0 saturated carbocycles. The average molecular weight is 402 g/mol. The Bertz CT molecular complexity index is 708. The van der Waals surface area contributed by atoms with Gasteiger partial charge in [-0.3, -0.25) is 9.79 Å². The van der Waals surface area contributed by atoms with E-state index in [1.165, 1.54) is 5.69 Å². The number of carbonyl (C=O) groups excluding carboxylic acids is 1. The fourth-order valence-electron chi connectivity index (χ4n) is 4.44. The maximum Gasteiger partial charge on any atom is 0.217 e. The summed E-state index contributed by atoms with van der Waals surface area (Å²) in [6, 6.07) is 8.21. The number of hydrogen-bond acceptors (Lipinski definition) is 4. The smallest absolute Gasteiger partial charge is 0.217 e. The third-order valence-electron chi connectivity index (χ3n) is 5.85. The van der Waals surface area contributed by atoms with E-state index in [2.05, 4.69) is 34.2 Å². The van der Waals surface area contributed by atoms with E-state index < -0.39 is 0 Å². The van der Waals surface area contributed by atoms with Gasteiger partial charge in [0.05, 0.1) is 12.8 Å². The number of guanidine groups is 1. The standard InChI is InChI=1S/C22H35N5O2/c1-3-24-22(27-11-6-7-17(15-27)13-21(23)28)25-14-18-10-12-26(16-18)19-8-4-5-9-20(19)29-2/h4-5,8-9,17-18H,3,6-7,10-16H2,1-2H3,(H2,23,28)(H,24,25). The molecule has 2 unspecified atom stereocenters. The van der Waals surface area contributed by atoms with E-state index in [0.717, 1.165) is 70.2 Å². The Labute approximate surface area is 174 Å². The van der Waals surface area contributed by atoms with Gasteiger partial charge >= 0.3 is 0 Å². The zero-order chi connectivity index (χ0) is 20.6. The zero-order valence-corrected chi connectivity index (χ0v) is 17.8. The number of carbonyl (C=O) groups is 1. The second-order valence-corrected chi connectivity index (χ2v) is 8.09. The Kier molecular flexibility index (Phi) is 7.61. The number of anilines is 1. The van der Waals surface area contributed by atoms with Gasteiger partial charge in [0.15, 0.2) is 5.96 Å². The molecule has 0 bridgehead atoms. The van der Waals surface area contributed by atoms with Gasteiger partial charge in [-0.25, -0.2) is 0 Å². The van der Waals surface area contributed by atoms with Crippen molar-refractivity contribution in [2.45, 2.75) is 32.6 Å². The number of para-hydroxylation sites is 2. The monoisotopic (exact) mass is 401 g/mol. The van der Waals surface area contributed by atoms with E-state index in [0.29, 0.717) is 18.3 Å². The lowest BCUT2D eigenvalue weighted by Gasteiger charge is -2.34. The maximum absolute atomic E-state index is 11.3. The molecular formula is C22H35N5O2. The van der Waals surface area contributed by atoms with Crippen molar-refractivity contribution in [3.05, 3.63) is 24.3 Å². The van der Waals surface area contributed by atoms with Crippen LogP contribution in [0.25, 0.3) is 0 Å². The van der Waals surface area contributed by atoms with Crippen LogP contribution in [-0.4, -0.2) is 63.1 Å². The topological polar surface area (TPSA) is 83.2 Å². The number of benzene rings is 1. The molecule has 0 aromatic heterocycles. The molecule has 29 heavy (non-hydrogen) atoms. The first-order valence-electron chi connectivity index (χ1n) is 10.8. The number of amides is 1. The summed E-state index contributed by atoms with van der Waals surface area (Å²) in [5, 5.41) is 3.44. The summed E-state index contributed by atoms with van der Waals surface area (Å²) >= 11 is 0. The quantitative estimate of drug-likeness (QED) is 0.540. The van der Waals surface area contributed by atoms with Gasteiger partial charge in [0.1, 0.15) is 5.75 Å². The number of hydrogen-bond donors (Lipinski definition) is 2. The van der Waals surface area contributed by atoms with E-state index in [1.54, 1.807) is 7.11 Å². The number of rotatable bonds is 7. The molecule has 7 heteroatoms. The number of aliphatic imine (C=N–C) groups is 1. The van der Waals surface area contributed by atoms with E-state index in [-0.39, 0.29) is 5.91 Å². The number of likely N-dealkylation sites (tertiary alicyclic amines) is 1. The molecule has 1 aromatic carbocycles. The van der Waals surface area contributed by atoms with E-state index in [1.807, 2.05) is 12.1 Å². The van der Waals surface area contributed by atoms with Gasteiger partial charge in [-0.05, 0) is 50.2 Å². The van der Waals surface area contributed by atoms with Crippen molar-refractivity contribution in [2.75, 3.05) is 51.3 Å². The van der Waals surface area contributed by atoms with Crippen molar-refractivity contribution >= 4 is 17.6 Å². The fourth-order valence-corrected chi connectivity index (χ4v) is 4.44. The lowest BCUT2D eigenvalue weighted by atomic mass is 9.95. The maximum atomic E-state index is 11.3. The number of primary amides is 1. The molecule has 0 spiro atoms. The summed E-state index contributed by atoms with van der Waals surface area (Å²) in [5.41, 5.74) is 6.58. The number of nitrogens with zero attached hydrogens (tertiary/aromatic N) is 3. The minimum atomic E-state index is -0.207. The third-order valence-corrected chi connectivity index (χ3v) is 5.85. The van der Waals surface area contributed by atoms with E-state index in [9.17, 15) is 4.79 Å². The van der Waals surface area contributed by atoms with Gasteiger partial charge in [-0.1, -0.05) is 12.1 Å². The van der Waals surface area contributed by atoms with Crippen molar-refractivity contribution in [3.63, 3.8) is 0 Å². The molecular weight excluding hydrogens is 366 g/mol. The minimum absolute atomic E-state index is 0.207. The number of nitrogens with two attached hydrogens (primary N) is 1. The first kappa shape index (κ1) is 21.3. The highest BCUT2D eigenvalue weighted by Gasteiger charge is 2.26. The van der Waals surface area contributed by atoms with Gasteiger partial charge < -0.3 is 25.6 Å². The van der Waals surface area contributed by atoms with Crippen molar-refractivity contribution in [1.29, 1.82) is 0 Å². The van der Waals surface area contributed by atoms with Gasteiger partial charge in [0, 0.05) is 45.7 Å². The Morgan fingerprint density at radius 1 is 1.24 bits per heavy atom. The van der Waals surface area contributed by atoms with Crippen LogP contribution >= 0.6 is 0 Å². The Hall–Kier alpha value is -2.44. The van der Waals surface area contributed by atoms with Gasteiger partial charge in [0.25, 0.3) is 0 Å². The molecule has 3 N–H and O–H groups in total. The van der Waals surface area contributed by atoms with Crippen LogP contribution in [0.2, 0.25) is 0 Å². The first-order valence-corrected chi connectivity index (χ1v) is 10.8. The number of methoxy groups -OCH3 is 1. The van der Waals surface area contributed by atoms with Crippen LogP contribution in [0.15, 0.2) is 29.3 Å². The lowest BCUT2D eigenvalue weighted by Crippen LogP contribution is -2.47. The van der Waals surface area contributed by atoms with Crippen molar-refractivity contribution in [1.82, 2.24) is 10.2 Å². The summed E-state index contributed by atoms with van der Waals surface area (Å²) in [6.45, 7) is 7.61. The van der Waals surface area contributed by atoms with Crippen LogP contribution in [0.3, 0.4) is 0 Å². The second-order valence-electron chi connectivity index (χ2n) is 8.09. The van der Waals surface area contributed by atoms with Crippen LogP contribution in [0, 0.1) is 11.8 Å².